The van der Waals surface area contributed by atoms with Crippen LogP contribution >= 0.6 is 15.9 Å². The van der Waals surface area contributed by atoms with E-state index in [1.807, 2.05) is 30.6 Å². The van der Waals surface area contributed by atoms with E-state index in [9.17, 15) is 5.11 Å². The van der Waals surface area contributed by atoms with Crippen molar-refractivity contribution in [2.75, 3.05) is 31.1 Å². The minimum absolute atomic E-state index is 0.160. The normalized spacial score (nSPS) is 16.0. The summed E-state index contributed by atoms with van der Waals surface area (Å²) in [5.74, 6) is 0.160. The van der Waals surface area contributed by atoms with E-state index in [1.165, 1.54) is 11.9 Å². The van der Waals surface area contributed by atoms with Gasteiger partial charge in [-0.05, 0) is 24.3 Å². The van der Waals surface area contributed by atoms with Crippen LogP contribution in [0.4, 0.5) is 5.69 Å². The lowest BCUT2D eigenvalue weighted by Crippen LogP contribution is -2.46. The molecule has 2 aromatic rings. The zero-order chi connectivity index (χ0) is 16.9. The van der Waals surface area contributed by atoms with Crippen molar-refractivity contribution in [3.8, 4) is 5.75 Å². The average molecular weight is 391 g/mol. The highest BCUT2D eigenvalue weighted by Crippen LogP contribution is 2.28. The first-order valence-corrected chi connectivity index (χ1v) is 8.53. The van der Waals surface area contributed by atoms with Gasteiger partial charge in [-0.3, -0.25) is 9.88 Å². The van der Waals surface area contributed by atoms with Crippen molar-refractivity contribution in [2.24, 2.45) is 5.16 Å². The highest BCUT2D eigenvalue weighted by molar-refractivity contribution is 9.10. The summed E-state index contributed by atoms with van der Waals surface area (Å²) in [4.78, 5) is 8.70. The van der Waals surface area contributed by atoms with Crippen LogP contribution in [0.1, 0.15) is 11.1 Å². The molecule has 24 heavy (non-hydrogen) atoms. The first kappa shape index (κ1) is 16.7. The van der Waals surface area contributed by atoms with E-state index in [4.69, 9.17) is 5.21 Å². The predicted octanol–water partition coefficient (Wildman–Crippen LogP) is 2.68. The molecule has 0 saturated carbocycles. The van der Waals surface area contributed by atoms with Crippen molar-refractivity contribution in [1.29, 1.82) is 0 Å². The molecule has 3 rings (SSSR count). The molecule has 6 nitrogen and oxygen atoms in total. The Morgan fingerprint density at radius 1 is 1.17 bits per heavy atom. The van der Waals surface area contributed by atoms with Gasteiger partial charge in [0, 0.05) is 66.4 Å². The average Bonchev–Trinajstić information content (AvgIpc) is 2.60. The zero-order valence-corrected chi connectivity index (χ0v) is 14.7. The fraction of sp³-hybridized carbons (Fsp3) is 0.294. The van der Waals surface area contributed by atoms with Gasteiger partial charge in [0.05, 0.1) is 6.21 Å². The van der Waals surface area contributed by atoms with Crippen molar-refractivity contribution in [3.63, 3.8) is 0 Å². The van der Waals surface area contributed by atoms with Crippen molar-refractivity contribution < 1.29 is 10.3 Å². The summed E-state index contributed by atoms with van der Waals surface area (Å²) >= 11 is 3.44. The van der Waals surface area contributed by atoms with Crippen molar-refractivity contribution >= 4 is 27.8 Å². The van der Waals surface area contributed by atoms with Crippen LogP contribution in [-0.4, -0.2) is 52.6 Å². The minimum Gasteiger partial charge on any atom is -0.507 e. The summed E-state index contributed by atoms with van der Waals surface area (Å²) in [7, 11) is 0. The molecule has 1 saturated heterocycles. The zero-order valence-electron chi connectivity index (χ0n) is 13.1. The molecule has 0 atom stereocenters. The smallest absolute Gasteiger partial charge is 0.129 e. The van der Waals surface area contributed by atoms with E-state index in [2.05, 4.69) is 35.9 Å². The summed E-state index contributed by atoms with van der Waals surface area (Å²) in [5, 5.41) is 22.1. The maximum Gasteiger partial charge on any atom is 0.129 e. The van der Waals surface area contributed by atoms with Gasteiger partial charge in [-0.2, -0.15) is 0 Å². The second-order valence-electron chi connectivity index (χ2n) is 5.72. The van der Waals surface area contributed by atoms with Gasteiger partial charge in [-0.15, -0.1) is 0 Å². The number of pyridine rings is 1. The minimum atomic E-state index is 0.160. The fourth-order valence-corrected chi connectivity index (χ4v) is 3.44. The van der Waals surface area contributed by atoms with E-state index in [-0.39, 0.29) is 5.75 Å². The number of hydrogen-bond acceptors (Lipinski definition) is 6. The Hall–Kier alpha value is -2.12. The molecule has 126 valence electrons. The monoisotopic (exact) mass is 390 g/mol. The van der Waals surface area contributed by atoms with E-state index in [0.29, 0.717) is 12.1 Å². The van der Waals surface area contributed by atoms with Crippen LogP contribution in [0.5, 0.6) is 5.75 Å². The van der Waals surface area contributed by atoms with Crippen LogP contribution in [0.3, 0.4) is 0 Å². The number of piperazine rings is 1. The maximum atomic E-state index is 10.3. The third-order valence-corrected chi connectivity index (χ3v) is 4.63. The van der Waals surface area contributed by atoms with Gasteiger partial charge in [0.25, 0.3) is 0 Å². The second-order valence-corrected chi connectivity index (χ2v) is 6.63. The Morgan fingerprint density at radius 2 is 1.88 bits per heavy atom. The van der Waals surface area contributed by atoms with Gasteiger partial charge >= 0.3 is 0 Å². The van der Waals surface area contributed by atoms with E-state index in [1.54, 1.807) is 6.07 Å². The third-order valence-electron chi connectivity index (χ3n) is 4.17. The van der Waals surface area contributed by atoms with Gasteiger partial charge < -0.3 is 15.2 Å². The Labute approximate surface area is 149 Å². The molecule has 2 N–H and O–H groups in total. The van der Waals surface area contributed by atoms with Crippen LogP contribution in [0.15, 0.2) is 46.3 Å². The lowest BCUT2D eigenvalue weighted by Gasteiger charge is -2.36. The number of aromatic hydroxyl groups is 1. The molecule has 7 heteroatoms. The lowest BCUT2D eigenvalue weighted by molar-refractivity contribution is 0.246. The quantitative estimate of drug-likeness (QED) is 0.477. The number of halogens is 1. The summed E-state index contributed by atoms with van der Waals surface area (Å²) in [6.45, 7) is 4.35. The number of phenolic OH excluding ortho intramolecular Hbond substituents is 1. The van der Waals surface area contributed by atoms with Crippen molar-refractivity contribution in [1.82, 2.24) is 9.88 Å². The number of phenols is 1. The molecule has 0 amide bonds. The molecule has 0 spiro atoms. The van der Waals surface area contributed by atoms with Gasteiger partial charge in [0.2, 0.25) is 0 Å². The molecule has 1 aromatic carbocycles. The van der Waals surface area contributed by atoms with Crippen LogP contribution in [-0.2, 0) is 6.54 Å². The molecule has 2 heterocycles. The Kier molecular flexibility index (Phi) is 5.32. The highest BCUT2D eigenvalue weighted by Gasteiger charge is 2.19. The molecule has 1 aliphatic rings. The van der Waals surface area contributed by atoms with Gasteiger partial charge in [-0.25, -0.2) is 0 Å². The fourth-order valence-electron chi connectivity index (χ4n) is 2.92. The summed E-state index contributed by atoms with van der Waals surface area (Å²) in [6, 6.07) is 7.67. The van der Waals surface area contributed by atoms with Crippen LogP contribution in [0.2, 0.25) is 0 Å². The van der Waals surface area contributed by atoms with E-state index >= 15 is 0 Å². The number of hydrogen-bond donors (Lipinski definition) is 2. The Balaban J connectivity index is 1.66. The first-order valence-electron chi connectivity index (χ1n) is 7.73. The first-order chi connectivity index (χ1) is 11.7. The number of aromatic nitrogens is 1. The number of oxime groups is 1. The van der Waals surface area contributed by atoms with Gasteiger partial charge in [-0.1, -0.05) is 21.1 Å². The van der Waals surface area contributed by atoms with E-state index in [0.717, 1.165) is 36.2 Å². The summed E-state index contributed by atoms with van der Waals surface area (Å²) in [5.41, 5.74) is 2.50. The Bertz CT molecular complexity index is 716. The Morgan fingerprint density at radius 3 is 2.54 bits per heavy atom. The number of anilines is 1. The number of nitrogens with zero attached hydrogens (tertiary/aromatic N) is 4. The largest absolute Gasteiger partial charge is 0.507 e. The molecular formula is C17H19BrN4O2. The SMILES string of the molecule is O/N=C/c1cc(Br)cc(CN2CCN(c3ccncc3)CC2)c1O. The van der Waals surface area contributed by atoms with Crippen LogP contribution < -0.4 is 4.90 Å². The van der Waals surface area contributed by atoms with Crippen molar-refractivity contribution in [3.05, 3.63) is 52.3 Å². The number of rotatable bonds is 4. The third kappa shape index (κ3) is 3.85. The predicted molar refractivity (Wildman–Crippen MR) is 96.9 cm³/mol. The van der Waals surface area contributed by atoms with Crippen LogP contribution in [0, 0.1) is 0 Å². The highest BCUT2D eigenvalue weighted by atomic mass is 79.9. The van der Waals surface area contributed by atoms with Crippen molar-refractivity contribution in [2.45, 2.75) is 6.54 Å². The molecule has 0 bridgehead atoms. The van der Waals surface area contributed by atoms with E-state index < -0.39 is 0 Å². The molecule has 0 aliphatic carbocycles. The van der Waals surface area contributed by atoms with Gasteiger partial charge in [0.15, 0.2) is 0 Å². The number of benzene rings is 1. The molecular weight excluding hydrogens is 372 g/mol. The topological polar surface area (TPSA) is 72.2 Å². The van der Waals surface area contributed by atoms with Gasteiger partial charge in [0.1, 0.15) is 5.75 Å². The second kappa shape index (κ2) is 7.63. The molecule has 1 aliphatic heterocycles. The van der Waals surface area contributed by atoms with Crippen LogP contribution in [0.25, 0.3) is 0 Å². The molecule has 1 aromatic heterocycles. The molecule has 0 radical (unpaired) electrons. The molecule has 0 unspecified atom stereocenters. The standard InChI is InChI=1S/C17H19BrN4O2/c18-15-9-13(11-20-24)17(23)14(10-15)12-21-5-7-22(8-6-21)16-1-3-19-4-2-16/h1-4,9-11,23-24H,5-8,12H2/b20-11+. The molecule has 1 fully saturated rings. The maximum absolute atomic E-state index is 10.3. The lowest BCUT2D eigenvalue weighted by atomic mass is 10.1. The summed E-state index contributed by atoms with van der Waals surface area (Å²) in [6.07, 6.45) is 4.86. The summed E-state index contributed by atoms with van der Waals surface area (Å²) < 4.78 is 0.848.